The number of carbonyl (C=O) groups is 2. The Labute approximate surface area is 114 Å². The van der Waals surface area contributed by atoms with Gasteiger partial charge in [-0.15, -0.1) is 0 Å². The van der Waals surface area contributed by atoms with E-state index < -0.39 is 16.8 Å². The Morgan fingerprint density at radius 3 is 2.70 bits per heavy atom. The predicted octanol–water partition coefficient (Wildman–Crippen LogP) is 1.05. The number of amides is 1. The molecule has 0 spiro atoms. The molecule has 0 heterocycles. The van der Waals surface area contributed by atoms with Gasteiger partial charge in [-0.2, -0.15) is 0 Å². The zero-order valence-electron chi connectivity index (χ0n) is 10.8. The number of methoxy groups -OCH3 is 1. The zero-order valence-corrected chi connectivity index (χ0v) is 10.8. The SMILES string of the molecule is COCC(=O)N(CCC(=O)O)c1cccc([N+](=O)[O-])c1. The highest BCUT2D eigenvalue weighted by molar-refractivity contribution is 5.95. The smallest absolute Gasteiger partial charge is 0.305 e. The monoisotopic (exact) mass is 282 g/mol. The van der Waals surface area contributed by atoms with Crippen LogP contribution in [-0.4, -0.2) is 42.2 Å². The maximum atomic E-state index is 11.9. The molecule has 1 rings (SSSR count). The lowest BCUT2D eigenvalue weighted by atomic mass is 10.2. The molecular weight excluding hydrogens is 268 g/mol. The van der Waals surface area contributed by atoms with E-state index >= 15 is 0 Å². The highest BCUT2D eigenvalue weighted by atomic mass is 16.6. The molecule has 8 nitrogen and oxygen atoms in total. The molecule has 1 aromatic carbocycles. The largest absolute Gasteiger partial charge is 0.481 e. The third-order valence-electron chi connectivity index (χ3n) is 2.47. The van der Waals surface area contributed by atoms with Crippen LogP contribution in [0.25, 0.3) is 0 Å². The maximum absolute atomic E-state index is 11.9. The van der Waals surface area contributed by atoms with E-state index in [1.54, 1.807) is 0 Å². The fraction of sp³-hybridized carbons (Fsp3) is 0.333. The van der Waals surface area contributed by atoms with E-state index in [4.69, 9.17) is 9.84 Å². The third kappa shape index (κ3) is 4.32. The Bertz CT molecular complexity index is 516. The molecule has 0 fully saturated rings. The van der Waals surface area contributed by atoms with Gasteiger partial charge in [0.1, 0.15) is 6.61 Å². The molecule has 8 heteroatoms. The van der Waals surface area contributed by atoms with Crippen molar-refractivity contribution in [3.8, 4) is 0 Å². The summed E-state index contributed by atoms with van der Waals surface area (Å²) in [4.78, 5) is 33.8. The second-order valence-electron chi connectivity index (χ2n) is 3.90. The minimum atomic E-state index is -1.06. The summed E-state index contributed by atoms with van der Waals surface area (Å²) in [5, 5.41) is 19.4. The van der Waals surface area contributed by atoms with E-state index in [0.29, 0.717) is 0 Å². The Morgan fingerprint density at radius 1 is 1.45 bits per heavy atom. The zero-order chi connectivity index (χ0) is 15.1. The van der Waals surface area contributed by atoms with Gasteiger partial charge in [0, 0.05) is 25.8 Å². The molecule has 108 valence electrons. The van der Waals surface area contributed by atoms with Crippen LogP contribution in [0, 0.1) is 10.1 Å². The van der Waals surface area contributed by atoms with Gasteiger partial charge in [-0.05, 0) is 6.07 Å². The summed E-state index contributed by atoms with van der Waals surface area (Å²) in [5.41, 5.74) is 0.0931. The number of nitro benzene ring substituents is 1. The number of rotatable bonds is 7. The number of nitro groups is 1. The lowest BCUT2D eigenvalue weighted by Gasteiger charge is -2.21. The van der Waals surface area contributed by atoms with Crippen LogP contribution >= 0.6 is 0 Å². The van der Waals surface area contributed by atoms with E-state index in [9.17, 15) is 19.7 Å². The third-order valence-corrected chi connectivity index (χ3v) is 2.47. The average molecular weight is 282 g/mol. The average Bonchev–Trinajstić information content (AvgIpc) is 2.39. The number of hydrogen-bond acceptors (Lipinski definition) is 5. The maximum Gasteiger partial charge on any atom is 0.305 e. The van der Waals surface area contributed by atoms with Crippen LogP contribution in [0.2, 0.25) is 0 Å². The van der Waals surface area contributed by atoms with Crippen molar-refractivity contribution in [2.75, 3.05) is 25.2 Å². The number of benzene rings is 1. The van der Waals surface area contributed by atoms with Crippen molar-refractivity contribution < 1.29 is 24.4 Å². The minimum Gasteiger partial charge on any atom is -0.481 e. The van der Waals surface area contributed by atoms with Gasteiger partial charge in [0.2, 0.25) is 0 Å². The second kappa shape index (κ2) is 7.19. The first-order chi connectivity index (χ1) is 9.45. The van der Waals surface area contributed by atoms with Crippen molar-refractivity contribution in [2.45, 2.75) is 6.42 Å². The number of non-ortho nitro benzene ring substituents is 1. The Morgan fingerprint density at radius 2 is 2.15 bits per heavy atom. The minimum absolute atomic E-state index is 0.0846. The molecule has 0 aliphatic carbocycles. The number of aliphatic carboxylic acids is 1. The van der Waals surface area contributed by atoms with E-state index in [0.717, 1.165) is 4.90 Å². The first-order valence-electron chi connectivity index (χ1n) is 5.71. The molecular formula is C12H14N2O6. The van der Waals surface area contributed by atoms with Crippen molar-refractivity contribution in [3.05, 3.63) is 34.4 Å². The topological polar surface area (TPSA) is 110 Å². The van der Waals surface area contributed by atoms with Crippen LogP contribution in [0.15, 0.2) is 24.3 Å². The first kappa shape index (κ1) is 15.6. The van der Waals surface area contributed by atoms with Crippen molar-refractivity contribution in [1.29, 1.82) is 0 Å². The molecule has 0 radical (unpaired) electrons. The van der Waals surface area contributed by atoms with Crippen LogP contribution in [-0.2, 0) is 14.3 Å². The van der Waals surface area contributed by atoms with Gasteiger partial charge in [0.15, 0.2) is 0 Å². The highest BCUT2D eigenvalue weighted by Crippen LogP contribution is 2.21. The molecule has 0 saturated carbocycles. The quantitative estimate of drug-likeness (QED) is 0.591. The van der Waals surface area contributed by atoms with Crippen LogP contribution in [0.4, 0.5) is 11.4 Å². The molecule has 0 saturated heterocycles. The molecule has 0 bridgehead atoms. The summed E-state index contributed by atoms with van der Waals surface area (Å²) in [6.45, 7) is -0.318. The summed E-state index contributed by atoms with van der Waals surface area (Å²) >= 11 is 0. The van der Waals surface area contributed by atoms with Crippen LogP contribution in [0.1, 0.15) is 6.42 Å². The summed E-state index contributed by atoms with van der Waals surface area (Å²) in [6, 6.07) is 5.44. The van der Waals surface area contributed by atoms with E-state index in [1.165, 1.54) is 31.4 Å². The Hall–Kier alpha value is -2.48. The fourth-order valence-electron chi connectivity index (χ4n) is 1.58. The van der Waals surface area contributed by atoms with E-state index in [1.807, 2.05) is 0 Å². The Balaban J connectivity index is 3.02. The summed E-state index contributed by atoms with van der Waals surface area (Å²) < 4.78 is 4.72. The summed E-state index contributed by atoms with van der Waals surface area (Å²) in [7, 11) is 1.33. The van der Waals surface area contributed by atoms with Crippen molar-refractivity contribution in [1.82, 2.24) is 0 Å². The predicted molar refractivity (Wildman–Crippen MR) is 69.6 cm³/mol. The summed E-state index contributed by atoms with van der Waals surface area (Å²) in [6.07, 6.45) is -0.266. The number of carboxylic acid groups (broad SMARTS) is 1. The molecule has 0 aromatic heterocycles. The molecule has 0 atom stereocenters. The number of carboxylic acids is 1. The van der Waals surface area contributed by atoms with Crippen LogP contribution in [0.5, 0.6) is 0 Å². The molecule has 1 amide bonds. The van der Waals surface area contributed by atoms with Gasteiger partial charge in [-0.25, -0.2) is 0 Å². The number of anilines is 1. The molecule has 20 heavy (non-hydrogen) atoms. The second-order valence-corrected chi connectivity index (χ2v) is 3.90. The first-order valence-corrected chi connectivity index (χ1v) is 5.71. The molecule has 0 aliphatic heterocycles. The Kier molecular flexibility index (Phi) is 5.60. The van der Waals surface area contributed by atoms with Crippen molar-refractivity contribution >= 4 is 23.3 Å². The number of hydrogen-bond donors (Lipinski definition) is 1. The van der Waals surface area contributed by atoms with E-state index in [-0.39, 0.29) is 30.9 Å². The lowest BCUT2D eigenvalue weighted by Crippen LogP contribution is -2.35. The normalized spacial score (nSPS) is 10.1. The lowest BCUT2D eigenvalue weighted by molar-refractivity contribution is -0.384. The van der Waals surface area contributed by atoms with Gasteiger partial charge in [-0.1, -0.05) is 6.07 Å². The fourth-order valence-corrected chi connectivity index (χ4v) is 1.58. The van der Waals surface area contributed by atoms with Crippen molar-refractivity contribution in [3.63, 3.8) is 0 Å². The number of nitrogens with zero attached hydrogens (tertiary/aromatic N) is 2. The van der Waals surface area contributed by atoms with Gasteiger partial charge in [0.05, 0.1) is 17.0 Å². The van der Waals surface area contributed by atoms with Gasteiger partial charge >= 0.3 is 5.97 Å². The molecule has 0 unspecified atom stereocenters. The van der Waals surface area contributed by atoms with E-state index in [2.05, 4.69) is 0 Å². The standard InChI is InChI=1S/C12H14N2O6/c1-20-8-11(15)13(6-5-12(16)17)9-3-2-4-10(7-9)14(18)19/h2-4,7H,5-6,8H2,1H3,(H,16,17). The number of carbonyl (C=O) groups excluding carboxylic acids is 1. The molecule has 0 aliphatic rings. The van der Waals surface area contributed by atoms with Gasteiger partial charge in [-0.3, -0.25) is 19.7 Å². The molecule has 1 N–H and O–H groups in total. The number of ether oxygens (including phenoxy) is 1. The highest BCUT2D eigenvalue weighted by Gasteiger charge is 2.18. The van der Waals surface area contributed by atoms with Crippen molar-refractivity contribution in [2.24, 2.45) is 0 Å². The molecule has 1 aromatic rings. The van der Waals surface area contributed by atoms with Crippen LogP contribution < -0.4 is 4.90 Å². The van der Waals surface area contributed by atoms with Crippen LogP contribution in [0.3, 0.4) is 0 Å². The summed E-state index contributed by atoms with van der Waals surface area (Å²) in [5.74, 6) is -1.53. The van der Waals surface area contributed by atoms with Gasteiger partial charge < -0.3 is 14.7 Å². The van der Waals surface area contributed by atoms with Gasteiger partial charge in [0.25, 0.3) is 11.6 Å².